The van der Waals surface area contributed by atoms with Gasteiger partial charge in [-0.25, -0.2) is 9.59 Å². The Labute approximate surface area is 146 Å². The Balaban J connectivity index is 1.69. The number of hydrogen-bond donors (Lipinski definition) is 2. The van der Waals surface area contributed by atoms with Crippen LogP contribution in [-0.2, 0) is 28.5 Å². The highest BCUT2D eigenvalue weighted by atomic mass is 16.8. The van der Waals surface area contributed by atoms with E-state index in [1.807, 2.05) is 4.98 Å². The molecule has 0 aromatic carbocycles. The van der Waals surface area contributed by atoms with E-state index in [4.69, 9.17) is 23.7 Å². The molecule has 2 fully saturated rings. The highest BCUT2D eigenvalue weighted by Crippen LogP contribution is 2.39. The summed E-state index contributed by atoms with van der Waals surface area (Å²) in [7, 11) is 0. The lowest BCUT2D eigenvalue weighted by Crippen LogP contribution is -2.34. The van der Waals surface area contributed by atoms with E-state index in [1.165, 1.54) is 6.92 Å². The highest BCUT2D eigenvalue weighted by Gasteiger charge is 2.57. The van der Waals surface area contributed by atoms with Crippen LogP contribution in [0.2, 0.25) is 0 Å². The molecule has 0 aliphatic carbocycles. The van der Waals surface area contributed by atoms with E-state index in [0.717, 1.165) is 6.07 Å². The molecule has 2 saturated heterocycles. The Morgan fingerprint density at radius 1 is 1.19 bits per heavy atom. The molecular weight excluding hydrogens is 352 g/mol. The van der Waals surface area contributed by atoms with Gasteiger partial charge in [-0.3, -0.25) is 14.6 Å². The monoisotopic (exact) mass is 370 g/mol. The van der Waals surface area contributed by atoms with Crippen LogP contribution in [0.1, 0.15) is 31.3 Å². The predicted octanol–water partition coefficient (Wildman–Crippen LogP) is -0.972. The quantitative estimate of drug-likeness (QED) is 0.639. The number of aromatic amines is 2. The third-order valence-corrected chi connectivity index (χ3v) is 3.75. The minimum atomic E-state index is -0.998. The molecule has 0 saturated carbocycles. The van der Waals surface area contributed by atoms with Crippen molar-refractivity contribution in [1.82, 2.24) is 9.97 Å². The van der Waals surface area contributed by atoms with E-state index in [2.05, 4.69) is 4.98 Å². The highest BCUT2D eigenvalue weighted by molar-refractivity contribution is 5.86. The molecule has 11 heteroatoms. The molecule has 0 amide bonds. The van der Waals surface area contributed by atoms with Crippen molar-refractivity contribution in [3.05, 3.63) is 32.6 Å². The third-order valence-electron chi connectivity index (χ3n) is 3.75. The van der Waals surface area contributed by atoms with Gasteiger partial charge in [0.15, 0.2) is 11.9 Å². The summed E-state index contributed by atoms with van der Waals surface area (Å²) < 4.78 is 27.1. The maximum atomic E-state index is 12.0. The number of esters is 2. The van der Waals surface area contributed by atoms with Crippen LogP contribution in [0.3, 0.4) is 0 Å². The number of ether oxygens (including phenoxy) is 5. The summed E-state index contributed by atoms with van der Waals surface area (Å²) in [6.45, 7) is 4.36. The Kier molecular flexibility index (Phi) is 4.69. The van der Waals surface area contributed by atoms with E-state index in [9.17, 15) is 19.2 Å². The molecule has 0 radical (unpaired) electrons. The third kappa shape index (κ3) is 3.84. The average Bonchev–Trinajstić information content (AvgIpc) is 2.98. The molecule has 2 aliphatic heterocycles. The second-order valence-electron chi connectivity index (χ2n) is 6.32. The second kappa shape index (κ2) is 6.67. The van der Waals surface area contributed by atoms with Crippen molar-refractivity contribution in [3.63, 3.8) is 0 Å². The van der Waals surface area contributed by atoms with Gasteiger partial charge >= 0.3 is 17.6 Å². The van der Waals surface area contributed by atoms with E-state index in [1.54, 1.807) is 13.8 Å². The van der Waals surface area contributed by atoms with Crippen LogP contribution in [0.4, 0.5) is 0 Å². The Morgan fingerprint density at radius 2 is 1.88 bits per heavy atom. The van der Waals surface area contributed by atoms with E-state index in [-0.39, 0.29) is 12.3 Å². The van der Waals surface area contributed by atoms with Gasteiger partial charge in [0.1, 0.15) is 24.5 Å². The Hall–Kier alpha value is -2.50. The molecule has 1 aromatic rings. The zero-order chi connectivity index (χ0) is 19.1. The van der Waals surface area contributed by atoms with Crippen LogP contribution >= 0.6 is 0 Å². The zero-order valence-electron chi connectivity index (χ0n) is 14.3. The van der Waals surface area contributed by atoms with Crippen LogP contribution < -0.4 is 11.2 Å². The van der Waals surface area contributed by atoms with Crippen LogP contribution in [0, 0.1) is 0 Å². The zero-order valence-corrected chi connectivity index (χ0v) is 14.3. The second-order valence-corrected chi connectivity index (χ2v) is 6.32. The fraction of sp³-hybridized carbons (Fsp3) is 0.600. The van der Waals surface area contributed by atoms with Crippen LogP contribution in [0.25, 0.3) is 0 Å². The smallest absolute Gasteiger partial charge is 0.355 e. The Morgan fingerprint density at radius 3 is 2.54 bits per heavy atom. The van der Waals surface area contributed by atoms with E-state index < -0.39 is 53.6 Å². The molecule has 4 atom stereocenters. The van der Waals surface area contributed by atoms with Gasteiger partial charge in [-0.05, 0) is 13.8 Å². The maximum Gasteiger partial charge on any atom is 0.355 e. The number of carbonyl (C=O) groups excluding carboxylic acids is 2. The summed E-state index contributed by atoms with van der Waals surface area (Å²) in [6.07, 6.45) is -3.05. The summed E-state index contributed by atoms with van der Waals surface area (Å²) in [5, 5.41) is 0. The van der Waals surface area contributed by atoms with E-state index >= 15 is 0 Å². The molecule has 11 nitrogen and oxygen atoms in total. The van der Waals surface area contributed by atoms with Gasteiger partial charge in [0.25, 0.3) is 5.56 Å². The first-order valence-corrected chi connectivity index (χ1v) is 7.84. The number of rotatable bonds is 4. The fourth-order valence-corrected chi connectivity index (χ4v) is 2.85. The molecule has 2 N–H and O–H groups in total. The molecule has 3 heterocycles. The lowest BCUT2D eigenvalue weighted by molar-refractivity contribution is -0.233. The molecule has 0 bridgehead atoms. The first-order valence-electron chi connectivity index (χ1n) is 7.84. The van der Waals surface area contributed by atoms with Crippen molar-refractivity contribution in [1.29, 1.82) is 0 Å². The summed E-state index contributed by atoms with van der Waals surface area (Å²) in [4.78, 5) is 49.8. The average molecular weight is 370 g/mol. The van der Waals surface area contributed by atoms with Crippen LogP contribution in [0.5, 0.6) is 0 Å². The number of H-pyrrole nitrogens is 2. The normalized spacial score (nSPS) is 29.2. The summed E-state index contributed by atoms with van der Waals surface area (Å²) >= 11 is 0. The topological polar surface area (TPSA) is 146 Å². The minimum Gasteiger partial charge on any atom is -0.458 e. The lowest BCUT2D eigenvalue weighted by atomic mass is 10.1. The minimum absolute atomic E-state index is 0.258. The number of nitrogens with one attached hydrogen (secondary N) is 2. The maximum absolute atomic E-state index is 12.0. The number of aromatic nitrogens is 2. The van der Waals surface area contributed by atoms with Gasteiger partial charge in [-0.2, -0.15) is 0 Å². The fourth-order valence-electron chi connectivity index (χ4n) is 2.85. The number of fused-ring (bicyclic) bond motifs is 1. The number of hydrogen-bond acceptors (Lipinski definition) is 9. The summed E-state index contributed by atoms with van der Waals surface area (Å²) in [6, 6.07) is 0.905. The van der Waals surface area contributed by atoms with Gasteiger partial charge in [0, 0.05) is 13.0 Å². The molecule has 3 rings (SSSR count). The predicted molar refractivity (Wildman–Crippen MR) is 82.2 cm³/mol. The van der Waals surface area contributed by atoms with Gasteiger partial charge in [-0.1, -0.05) is 0 Å². The summed E-state index contributed by atoms with van der Waals surface area (Å²) in [5.41, 5.74) is -1.86. The van der Waals surface area contributed by atoms with Crippen molar-refractivity contribution < 1.29 is 33.3 Å². The van der Waals surface area contributed by atoms with Crippen molar-refractivity contribution in [2.45, 2.75) is 51.2 Å². The molecule has 1 aromatic heterocycles. The number of carbonyl (C=O) groups is 2. The van der Waals surface area contributed by atoms with E-state index in [0.29, 0.717) is 0 Å². The standard InChI is InChI=1S/C15H18N2O9/c1-6(18)23-13-11-10(25-15(2,3)26-11)8(24-13)5-22-12(20)7-4-9(19)17-14(21)16-7/h4,8,10-11,13H,5H2,1-3H3,(H2,16,17,19,21)/t8-,10-,11-,13?/m1/s1. The largest absolute Gasteiger partial charge is 0.458 e. The Bertz CT molecular complexity index is 799. The van der Waals surface area contributed by atoms with Gasteiger partial charge in [0.2, 0.25) is 6.29 Å². The van der Waals surface area contributed by atoms with Gasteiger partial charge in [-0.15, -0.1) is 0 Å². The summed E-state index contributed by atoms with van der Waals surface area (Å²) in [5.74, 6) is -2.39. The molecule has 1 unspecified atom stereocenters. The SMILES string of the molecule is CC(=O)OC1O[C@H](COC(=O)c2cc(=O)[nH]c(=O)[nH]2)[C@H]2OC(C)(C)O[C@@H]12. The molecule has 26 heavy (non-hydrogen) atoms. The lowest BCUT2D eigenvalue weighted by Gasteiger charge is -2.23. The van der Waals surface area contributed by atoms with Crippen molar-refractivity contribution in [2.75, 3.05) is 6.61 Å². The van der Waals surface area contributed by atoms with Crippen molar-refractivity contribution in [2.24, 2.45) is 0 Å². The molecule has 2 aliphatic rings. The van der Waals surface area contributed by atoms with Crippen LogP contribution in [0.15, 0.2) is 15.7 Å². The molecule has 0 spiro atoms. The first kappa shape index (κ1) is 18.3. The molecule has 142 valence electrons. The van der Waals surface area contributed by atoms with Crippen molar-refractivity contribution >= 4 is 11.9 Å². The van der Waals surface area contributed by atoms with Gasteiger partial charge < -0.3 is 28.7 Å². The first-order chi connectivity index (χ1) is 12.1. The molecular formula is C15H18N2O9. The van der Waals surface area contributed by atoms with Gasteiger partial charge in [0.05, 0.1) is 0 Å². The van der Waals surface area contributed by atoms with Crippen molar-refractivity contribution in [3.8, 4) is 0 Å². The van der Waals surface area contributed by atoms with Crippen LogP contribution in [-0.4, -0.2) is 58.9 Å².